The Balaban J connectivity index is 1.59. The van der Waals surface area contributed by atoms with Gasteiger partial charge in [0.1, 0.15) is 23.1 Å². The van der Waals surface area contributed by atoms with Gasteiger partial charge in [-0.2, -0.15) is 4.31 Å². The summed E-state index contributed by atoms with van der Waals surface area (Å²) in [6.07, 6.45) is 1.98. The molecule has 0 bridgehead atoms. The Morgan fingerprint density at radius 3 is 2.57 bits per heavy atom. The van der Waals surface area contributed by atoms with Crippen molar-refractivity contribution in [2.24, 2.45) is 0 Å². The zero-order valence-corrected chi connectivity index (χ0v) is 20.4. The van der Waals surface area contributed by atoms with Crippen molar-refractivity contribution >= 4 is 27.6 Å². The second kappa shape index (κ2) is 10.2. The first kappa shape index (κ1) is 25.0. The van der Waals surface area contributed by atoms with Gasteiger partial charge in [-0.25, -0.2) is 17.6 Å². The van der Waals surface area contributed by atoms with Gasteiger partial charge in [0.25, 0.3) is 0 Å². The Bertz CT molecular complexity index is 1350. The van der Waals surface area contributed by atoms with Gasteiger partial charge in [-0.05, 0) is 78.9 Å². The molecule has 7 nitrogen and oxygen atoms in total. The van der Waals surface area contributed by atoms with Crippen LogP contribution in [-0.4, -0.2) is 37.5 Å². The molecule has 3 aromatic carbocycles. The quantitative estimate of drug-likeness (QED) is 0.426. The zero-order valence-electron chi connectivity index (χ0n) is 18.8. The van der Waals surface area contributed by atoms with Gasteiger partial charge in [0, 0.05) is 7.05 Å². The number of nitrogens with zero attached hydrogens (tertiary/aromatic N) is 1. The molecule has 0 aliphatic heterocycles. The Morgan fingerprint density at radius 2 is 1.89 bits per heavy atom. The van der Waals surface area contributed by atoms with Crippen molar-refractivity contribution in [1.82, 2.24) is 4.31 Å². The van der Waals surface area contributed by atoms with Crippen molar-refractivity contribution in [2.75, 3.05) is 13.7 Å². The van der Waals surface area contributed by atoms with Crippen LogP contribution < -0.4 is 9.47 Å². The maximum atomic E-state index is 13.5. The summed E-state index contributed by atoms with van der Waals surface area (Å²) in [5.74, 6) is -0.439. The number of aliphatic carboxylic acids is 1. The maximum Gasteiger partial charge on any atom is 0.341 e. The highest BCUT2D eigenvalue weighted by Crippen LogP contribution is 2.41. The molecular weight excluding hydrogens is 497 g/mol. The maximum absolute atomic E-state index is 13.5. The minimum absolute atomic E-state index is 0.00172. The summed E-state index contributed by atoms with van der Waals surface area (Å²) >= 11 is 6.32. The topological polar surface area (TPSA) is 93.1 Å². The van der Waals surface area contributed by atoms with E-state index in [9.17, 15) is 17.6 Å². The van der Waals surface area contributed by atoms with Crippen LogP contribution >= 0.6 is 11.6 Å². The van der Waals surface area contributed by atoms with Crippen molar-refractivity contribution in [3.8, 4) is 17.2 Å². The average Bonchev–Trinajstić information content (AvgIpc) is 2.84. The number of sulfonamides is 1. The van der Waals surface area contributed by atoms with E-state index in [4.69, 9.17) is 26.2 Å². The van der Waals surface area contributed by atoms with E-state index in [-0.39, 0.29) is 15.7 Å². The van der Waals surface area contributed by atoms with Crippen molar-refractivity contribution in [3.63, 3.8) is 0 Å². The standard InChI is InChI=1S/C25H23ClFNO6S/c1-28(22-6-2-5-20-19(22)4-3-7-23(20)33-15-25(29)30)35(31,32)18-12-13-24(21(26)14-18)34-17-10-8-16(27)9-11-17/h3-4,7-14,22H,2,5-6,15H2,1H3,(H,29,30). The van der Waals surface area contributed by atoms with Crippen LogP contribution in [0.1, 0.15) is 30.0 Å². The van der Waals surface area contributed by atoms with E-state index in [1.54, 1.807) is 12.1 Å². The van der Waals surface area contributed by atoms with Crippen molar-refractivity contribution < 1.29 is 32.2 Å². The number of halogens is 2. The smallest absolute Gasteiger partial charge is 0.341 e. The molecule has 0 radical (unpaired) electrons. The lowest BCUT2D eigenvalue weighted by Gasteiger charge is -2.33. The summed E-state index contributed by atoms with van der Waals surface area (Å²) in [6.45, 7) is -0.472. The number of ether oxygens (including phenoxy) is 2. The first-order valence-electron chi connectivity index (χ1n) is 10.8. The Hall–Kier alpha value is -3.14. The van der Waals surface area contributed by atoms with Gasteiger partial charge < -0.3 is 14.6 Å². The third-order valence-corrected chi connectivity index (χ3v) is 8.00. The van der Waals surface area contributed by atoms with Gasteiger partial charge in [-0.15, -0.1) is 0 Å². The first-order valence-corrected chi connectivity index (χ1v) is 12.7. The highest BCUT2D eigenvalue weighted by atomic mass is 35.5. The molecule has 0 fully saturated rings. The van der Waals surface area contributed by atoms with Crippen LogP contribution in [-0.2, 0) is 21.2 Å². The SMILES string of the molecule is CN(C1CCCc2c(OCC(=O)O)cccc21)S(=O)(=O)c1ccc(Oc2ccc(F)cc2)c(Cl)c1. The molecule has 1 aliphatic carbocycles. The lowest BCUT2D eigenvalue weighted by molar-refractivity contribution is -0.139. The van der Waals surface area contributed by atoms with E-state index in [0.717, 1.165) is 17.5 Å². The Labute approximate surface area is 207 Å². The molecule has 1 atom stereocenters. The monoisotopic (exact) mass is 519 g/mol. The molecular formula is C25H23ClFNO6S. The summed E-state index contributed by atoms with van der Waals surface area (Å²) in [6, 6.07) is 14.4. The van der Waals surface area contributed by atoms with E-state index >= 15 is 0 Å². The van der Waals surface area contributed by atoms with E-state index < -0.39 is 34.5 Å². The number of carboxylic acids is 1. The zero-order chi connectivity index (χ0) is 25.2. The van der Waals surface area contributed by atoms with Crippen LogP contribution in [0.5, 0.6) is 17.2 Å². The molecule has 0 saturated carbocycles. The van der Waals surface area contributed by atoms with Gasteiger partial charge >= 0.3 is 5.97 Å². The number of hydrogen-bond donors (Lipinski definition) is 1. The molecule has 0 saturated heterocycles. The van der Waals surface area contributed by atoms with E-state index in [0.29, 0.717) is 24.3 Å². The average molecular weight is 520 g/mol. The second-order valence-corrected chi connectivity index (χ2v) is 10.5. The third-order valence-electron chi connectivity index (χ3n) is 5.84. The summed E-state index contributed by atoms with van der Waals surface area (Å²) in [5.41, 5.74) is 1.60. The van der Waals surface area contributed by atoms with Crippen LogP contribution in [0.4, 0.5) is 4.39 Å². The predicted molar refractivity (Wildman–Crippen MR) is 128 cm³/mol. The molecule has 0 amide bonds. The molecule has 3 aromatic rings. The number of fused-ring (bicyclic) bond motifs is 1. The fourth-order valence-corrected chi connectivity index (χ4v) is 5.81. The predicted octanol–water partition coefficient (Wildman–Crippen LogP) is 5.43. The number of rotatable bonds is 8. The number of hydrogen-bond acceptors (Lipinski definition) is 5. The Kier molecular flexibility index (Phi) is 7.30. The first-order chi connectivity index (χ1) is 16.7. The highest BCUT2D eigenvalue weighted by Gasteiger charge is 2.33. The van der Waals surface area contributed by atoms with Crippen molar-refractivity contribution in [2.45, 2.75) is 30.2 Å². The summed E-state index contributed by atoms with van der Waals surface area (Å²) in [4.78, 5) is 10.9. The van der Waals surface area contributed by atoms with Gasteiger partial charge in [0.2, 0.25) is 10.0 Å². The van der Waals surface area contributed by atoms with Crippen LogP contribution in [0.15, 0.2) is 65.6 Å². The number of carboxylic acid groups (broad SMARTS) is 1. The molecule has 4 rings (SSSR count). The third kappa shape index (κ3) is 5.42. The largest absolute Gasteiger partial charge is 0.482 e. The van der Waals surface area contributed by atoms with E-state index in [1.807, 2.05) is 6.07 Å². The molecule has 184 valence electrons. The number of benzene rings is 3. The van der Waals surface area contributed by atoms with E-state index in [1.165, 1.54) is 53.8 Å². The minimum Gasteiger partial charge on any atom is -0.482 e. The molecule has 35 heavy (non-hydrogen) atoms. The summed E-state index contributed by atoms with van der Waals surface area (Å²) in [5, 5.41) is 9.03. The molecule has 0 heterocycles. The van der Waals surface area contributed by atoms with Gasteiger partial charge in [0.05, 0.1) is 16.0 Å². The lowest BCUT2D eigenvalue weighted by atomic mass is 9.87. The molecule has 0 aromatic heterocycles. The van der Waals surface area contributed by atoms with E-state index in [2.05, 4.69) is 0 Å². The minimum atomic E-state index is -3.93. The molecule has 1 aliphatic rings. The summed E-state index contributed by atoms with van der Waals surface area (Å²) in [7, 11) is -2.42. The van der Waals surface area contributed by atoms with Crippen LogP contribution in [0, 0.1) is 5.82 Å². The van der Waals surface area contributed by atoms with Gasteiger partial charge in [-0.3, -0.25) is 0 Å². The second-order valence-electron chi connectivity index (χ2n) is 8.08. The molecule has 1 unspecified atom stereocenters. The van der Waals surface area contributed by atoms with Crippen LogP contribution in [0.3, 0.4) is 0 Å². The highest BCUT2D eigenvalue weighted by molar-refractivity contribution is 7.89. The van der Waals surface area contributed by atoms with Gasteiger partial charge in [0.15, 0.2) is 6.61 Å². The fraction of sp³-hybridized carbons (Fsp3) is 0.240. The fourth-order valence-electron chi connectivity index (χ4n) is 4.13. The summed E-state index contributed by atoms with van der Waals surface area (Å²) < 4.78 is 52.5. The van der Waals surface area contributed by atoms with Crippen molar-refractivity contribution in [3.05, 3.63) is 82.6 Å². The molecule has 10 heteroatoms. The lowest BCUT2D eigenvalue weighted by Crippen LogP contribution is -2.33. The molecule has 0 spiro atoms. The van der Waals surface area contributed by atoms with Crippen LogP contribution in [0.2, 0.25) is 5.02 Å². The van der Waals surface area contributed by atoms with Crippen molar-refractivity contribution in [1.29, 1.82) is 0 Å². The molecule has 1 N–H and O–H groups in total. The number of carbonyl (C=O) groups is 1. The Morgan fingerprint density at radius 1 is 1.14 bits per heavy atom. The normalized spacial score (nSPS) is 15.5. The van der Waals surface area contributed by atoms with Gasteiger partial charge in [-0.1, -0.05) is 23.7 Å². The van der Waals surface area contributed by atoms with Crippen LogP contribution in [0.25, 0.3) is 0 Å².